The van der Waals surface area contributed by atoms with E-state index in [1.54, 1.807) is 0 Å². The highest BCUT2D eigenvalue weighted by molar-refractivity contribution is 5.74. The number of ether oxygens (including phenoxy) is 1. The molecule has 0 saturated carbocycles. The summed E-state index contributed by atoms with van der Waals surface area (Å²) >= 11 is 0. The molecule has 1 aromatic rings. The molecule has 1 aromatic carbocycles. The molecule has 0 amide bonds. The number of carbonyl (C=O) groups is 1. The lowest BCUT2D eigenvalue weighted by Gasteiger charge is -2.25. The predicted octanol–water partition coefficient (Wildman–Crippen LogP) is 2.68. The summed E-state index contributed by atoms with van der Waals surface area (Å²) in [7, 11) is 0. The highest BCUT2D eigenvalue weighted by atomic mass is 16.6. The lowest BCUT2D eigenvalue weighted by atomic mass is 9.94. The molecule has 1 aliphatic rings. The van der Waals surface area contributed by atoms with Gasteiger partial charge in [0.25, 0.3) is 0 Å². The zero-order chi connectivity index (χ0) is 13.2. The second kappa shape index (κ2) is 5.11. The van der Waals surface area contributed by atoms with Gasteiger partial charge in [0.15, 0.2) is 0 Å². The Labute approximate surface area is 109 Å². The first-order chi connectivity index (χ1) is 8.47. The van der Waals surface area contributed by atoms with Gasteiger partial charge >= 0.3 is 5.97 Å². The largest absolute Gasteiger partial charge is 0.460 e. The molecule has 0 spiro atoms. The number of esters is 1. The summed E-state index contributed by atoms with van der Waals surface area (Å²) in [6.07, 6.45) is 0.842. The van der Waals surface area contributed by atoms with Gasteiger partial charge in [0.05, 0.1) is 5.92 Å². The molecular formula is C15H21NO2. The van der Waals surface area contributed by atoms with Crippen molar-refractivity contribution < 1.29 is 9.53 Å². The average Bonchev–Trinajstić information content (AvgIpc) is 2.76. The summed E-state index contributed by atoms with van der Waals surface area (Å²) in [6, 6.07) is 10.2. The van der Waals surface area contributed by atoms with E-state index in [1.807, 2.05) is 39.0 Å². The number of carbonyl (C=O) groups excluding carboxylic acids is 1. The van der Waals surface area contributed by atoms with Crippen molar-refractivity contribution in [3.8, 4) is 0 Å². The van der Waals surface area contributed by atoms with Crippen LogP contribution in [0.2, 0.25) is 0 Å². The third kappa shape index (κ3) is 3.10. The Bertz CT molecular complexity index is 408. The van der Waals surface area contributed by atoms with Crippen LogP contribution in [-0.2, 0) is 9.53 Å². The molecule has 2 atom stereocenters. The Morgan fingerprint density at radius 3 is 2.56 bits per heavy atom. The van der Waals surface area contributed by atoms with E-state index in [0.29, 0.717) is 0 Å². The first-order valence-electron chi connectivity index (χ1n) is 6.48. The molecule has 1 heterocycles. The van der Waals surface area contributed by atoms with E-state index in [4.69, 9.17) is 4.74 Å². The number of hydrogen-bond donors (Lipinski definition) is 1. The van der Waals surface area contributed by atoms with Gasteiger partial charge in [0.1, 0.15) is 5.60 Å². The Kier molecular flexibility index (Phi) is 3.71. The van der Waals surface area contributed by atoms with E-state index < -0.39 is 5.60 Å². The van der Waals surface area contributed by atoms with Crippen LogP contribution < -0.4 is 5.32 Å². The maximum atomic E-state index is 12.2. The summed E-state index contributed by atoms with van der Waals surface area (Å²) in [5.41, 5.74) is 0.742. The zero-order valence-electron chi connectivity index (χ0n) is 11.3. The van der Waals surface area contributed by atoms with E-state index in [2.05, 4.69) is 17.4 Å². The van der Waals surface area contributed by atoms with Crippen molar-refractivity contribution in [3.63, 3.8) is 0 Å². The minimum atomic E-state index is -0.416. The molecule has 2 rings (SSSR count). The summed E-state index contributed by atoms with van der Waals surface area (Å²) in [6.45, 7) is 6.59. The Morgan fingerprint density at radius 1 is 1.28 bits per heavy atom. The van der Waals surface area contributed by atoms with Gasteiger partial charge in [-0.2, -0.15) is 0 Å². The van der Waals surface area contributed by atoms with E-state index in [1.165, 1.54) is 0 Å². The Balaban J connectivity index is 2.11. The molecule has 3 heteroatoms. The normalized spacial score (nSPS) is 23.9. The van der Waals surface area contributed by atoms with Crippen molar-refractivity contribution in [3.05, 3.63) is 35.9 Å². The Morgan fingerprint density at radius 2 is 1.94 bits per heavy atom. The smallest absolute Gasteiger partial charge is 0.311 e. The molecular weight excluding hydrogens is 226 g/mol. The molecule has 1 saturated heterocycles. The van der Waals surface area contributed by atoms with Crippen LogP contribution in [-0.4, -0.2) is 18.1 Å². The molecule has 1 N–H and O–H groups in total. The van der Waals surface area contributed by atoms with Crippen molar-refractivity contribution in [2.24, 2.45) is 5.92 Å². The first-order valence-corrected chi connectivity index (χ1v) is 6.48. The van der Waals surface area contributed by atoms with Crippen LogP contribution in [0.3, 0.4) is 0 Å². The van der Waals surface area contributed by atoms with E-state index >= 15 is 0 Å². The number of nitrogens with one attached hydrogen (secondary N) is 1. The molecule has 0 aromatic heterocycles. The lowest BCUT2D eigenvalue weighted by molar-refractivity contribution is -0.160. The second-order valence-corrected chi connectivity index (χ2v) is 5.77. The van der Waals surface area contributed by atoms with Crippen LogP contribution in [0.25, 0.3) is 0 Å². The SMILES string of the molecule is CC(C)(C)OC(=O)[C@H]1CCN[C@H]1c1ccccc1. The molecule has 0 aliphatic carbocycles. The van der Waals surface area contributed by atoms with Crippen molar-refractivity contribution in [2.45, 2.75) is 38.8 Å². The minimum absolute atomic E-state index is 0.0772. The molecule has 1 aliphatic heterocycles. The van der Waals surface area contributed by atoms with Crippen molar-refractivity contribution in [1.82, 2.24) is 5.32 Å². The summed E-state index contributed by atoms with van der Waals surface area (Å²) < 4.78 is 5.49. The zero-order valence-corrected chi connectivity index (χ0v) is 11.3. The van der Waals surface area contributed by atoms with Gasteiger partial charge in [0.2, 0.25) is 0 Å². The first kappa shape index (κ1) is 13.1. The molecule has 1 fully saturated rings. The van der Waals surface area contributed by atoms with Gasteiger partial charge < -0.3 is 10.1 Å². The summed E-state index contributed by atoms with van der Waals surface area (Å²) in [5.74, 6) is -0.173. The van der Waals surface area contributed by atoms with Gasteiger partial charge in [-0.3, -0.25) is 4.79 Å². The molecule has 18 heavy (non-hydrogen) atoms. The fraction of sp³-hybridized carbons (Fsp3) is 0.533. The number of benzene rings is 1. The minimum Gasteiger partial charge on any atom is -0.460 e. The lowest BCUT2D eigenvalue weighted by Crippen LogP contribution is -2.31. The van der Waals surface area contributed by atoms with Crippen LogP contribution in [0, 0.1) is 5.92 Å². The van der Waals surface area contributed by atoms with Crippen LogP contribution in [0.1, 0.15) is 38.8 Å². The third-order valence-corrected chi connectivity index (χ3v) is 3.09. The number of hydrogen-bond acceptors (Lipinski definition) is 3. The van der Waals surface area contributed by atoms with E-state index in [9.17, 15) is 4.79 Å². The highest BCUT2D eigenvalue weighted by Crippen LogP contribution is 2.31. The van der Waals surface area contributed by atoms with Crippen molar-refractivity contribution in [2.75, 3.05) is 6.54 Å². The topological polar surface area (TPSA) is 38.3 Å². The summed E-state index contributed by atoms with van der Waals surface area (Å²) in [5, 5.41) is 3.39. The quantitative estimate of drug-likeness (QED) is 0.817. The van der Waals surface area contributed by atoms with Crippen LogP contribution in [0.4, 0.5) is 0 Å². The maximum absolute atomic E-state index is 12.2. The van der Waals surface area contributed by atoms with Crippen molar-refractivity contribution in [1.29, 1.82) is 0 Å². The van der Waals surface area contributed by atoms with Crippen LogP contribution in [0.5, 0.6) is 0 Å². The average molecular weight is 247 g/mol. The van der Waals surface area contributed by atoms with Gasteiger partial charge in [0, 0.05) is 6.04 Å². The van der Waals surface area contributed by atoms with Crippen molar-refractivity contribution >= 4 is 5.97 Å². The molecule has 0 bridgehead atoms. The van der Waals surface area contributed by atoms with Gasteiger partial charge in [-0.05, 0) is 39.3 Å². The Hall–Kier alpha value is -1.35. The molecule has 0 radical (unpaired) electrons. The molecule has 0 unspecified atom stereocenters. The number of rotatable bonds is 2. The van der Waals surface area contributed by atoms with E-state index in [-0.39, 0.29) is 17.9 Å². The highest BCUT2D eigenvalue weighted by Gasteiger charge is 2.36. The second-order valence-electron chi connectivity index (χ2n) is 5.77. The van der Waals surface area contributed by atoms with E-state index in [0.717, 1.165) is 18.5 Å². The van der Waals surface area contributed by atoms with Gasteiger partial charge in [-0.1, -0.05) is 30.3 Å². The van der Waals surface area contributed by atoms with Gasteiger partial charge in [-0.15, -0.1) is 0 Å². The standard InChI is InChI=1S/C15H21NO2/c1-15(2,3)18-14(17)12-9-10-16-13(12)11-7-5-4-6-8-11/h4-8,12-13,16H,9-10H2,1-3H3/t12-,13-/m0/s1. The molecule has 98 valence electrons. The fourth-order valence-electron chi connectivity index (χ4n) is 2.35. The third-order valence-electron chi connectivity index (χ3n) is 3.09. The molecule has 3 nitrogen and oxygen atoms in total. The van der Waals surface area contributed by atoms with Crippen LogP contribution >= 0.6 is 0 Å². The van der Waals surface area contributed by atoms with Gasteiger partial charge in [-0.25, -0.2) is 0 Å². The monoisotopic (exact) mass is 247 g/mol. The summed E-state index contributed by atoms with van der Waals surface area (Å²) in [4.78, 5) is 12.2. The predicted molar refractivity (Wildman–Crippen MR) is 71.1 cm³/mol. The maximum Gasteiger partial charge on any atom is 0.311 e. The fourth-order valence-corrected chi connectivity index (χ4v) is 2.35. The van der Waals surface area contributed by atoms with Crippen LogP contribution in [0.15, 0.2) is 30.3 Å².